The van der Waals surface area contributed by atoms with Crippen LogP contribution < -0.4 is 10.2 Å². The van der Waals surface area contributed by atoms with Crippen LogP contribution in [0.25, 0.3) is 0 Å². The van der Waals surface area contributed by atoms with Gasteiger partial charge in [0.25, 0.3) is 0 Å². The van der Waals surface area contributed by atoms with Crippen LogP contribution >= 0.6 is 11.3 Å². The fraction of sp³-hybridized carbons (Fsp3) is 0.375. The average molecular weight is 319 g/mol. The number of thiazole rings is 1. The van der Waals surface area contributed by atoms with Gasteiger partial charge in [-0.1, -0.05) is 0 Å². The van der Waals surface area contributed by atoms with Crippen LogP contribution in [0.5, 0.6) is 0 Å². The van der Waals surface area contributed by atoms with Crippen molar-refractivity contribution in [3.8, 4) is 0 Å². The highest BCUT2D eigenvalue weighted by atomic mass is 32.1. The summed E-state index contributed by atoms with van der Waals surface area (Å²) >= 11 is 1.61. The molecule has 0 bridgehead atoms. The second-order valence-electron chi connectivity index (χ2n) is 5.37. The first-order valence-electron chi connectivity index (χ1n) is 7.38. The lowest BCUT2D eigenvalue weighted by atomic mass is 10.0. The molecular formula is C16H18FN3OS. The lowest BCUT2D eigenvalue weighted by Crippen LogP contribution is -2.43. The highest BCUT2D eigenvalue weighted by Crippen LogP contribution is 2.27. The van der Waals surface area contributed by atoms with Crippen LogP contribution in [0.15, 0.2) is 23.6 Å². The van der Waals surface area contributed by atoms with E-state index in [4.69, 9.17) is 0 Å². The van der Waals surface area contributed by atoms with Gasteiger partial charge < -0.3 is 5.32 Å². The summed E-state index contributed by atoms with van der Waals surface area (Å²) in [7, 11) is 0. The monoisotopic (exact) mass is 319 g/mol. The maximum Gasteiger partial charge on any atom is 0.321 e. The van der Waals surface area contributed by atoms with Gasteiger partial charge >= 0.3 is 6.03 Å². The van der Waals surface area contributed by atoms with Crippen molar-refractivity contribution in [3.63, 3.8) is 0 Å². The minimum Gasteiger partial charge on any atom is -0.337 e. The molecule has 1 aliphatic heterocycles. The Balaban J connectivity index is 1.61. The van der Waals surface area contributed by atoms with E-state index in [2.05, 4.69) is 10.3 Å². The van der Waals surface area contributed by atoms with Gasteiger partial charge in [0, 0.05) is 30.6 Å². The number of hydrogen-bond acceptors (Lipinski definition) is 3. The summed E-state index contributed by atoms with van der Waals surface area (Å²) in [6, 6.07) is 4.49. The molecule has 4 nitrogen and oxygen atoms in total. The topological polar surface area (TPSA) is 45.2 Å². The Morgan fingerprint density at radius 2 is 2.36 bits per heavy atom. The number of carbonyl (C=O) groups excluding carboxylic acids is 1. The summed E-state index contributed by atoms with van der Waals surface area (Å²) in [4.78, 5) is 18.4. The summed E-state index contributed by atoms with van der Waals surface area (Å²) in [6.45, 7) is 3.19. The third-order valence-electron chi connectivity index (χ3n) is 3.73. The molecule has 2 aromatic rings. The van der Waals surface area contributed by atoms with E-state index >= 15 is 0 Å². The van der Waals surface area contributed by atoms with E-state index in [9.17, 15) is 9.18 Å². The molecule has 1 aliphatic rings. The van der Waals surface area contributed by atoms with Gasteiger partial charge in [-0.15, -0.1) is 11.3 Å². The molecule has 1 N–H and O–H groups in total. The Bertz CT molecular complexity index is 686. The van der Waals surface area contributed by atoms with E-state index in [0.29, 0.717) is 13.1 Å². The summed E-state index contributed by atoms with van der Waals surface area (Å²) in [5, 5.41) is 5.97. The molecule has 116 valence electrons. The van der Waals surface area contributed by atoms with Crippen molar-refractivity contribution in [3.05, 3.63) is 45.7 Å². The number of halogens is 1. The predicted molar refractivity (Wildman–Crippen MR) is 86.0 cm³/mol. The van der Waals surface area contributed by atoms with Crippen LogP contribution in [0.4, 0.5) is 14.9 Å². The van der Waals surface area contributed by atoms with Gasteiger partial charge in [-0.2, -0.15) is 0 Å². The highest BCUT2D eigenvalue weighted by molar-refractivity contribution is 7.09. The van der Waals surface area contributed by atoms with Crippen molar-refractivity contribution in [2.75, 3.05) is 18.0 Å². The fourth-order valence-electron chi connectivity index (χ4n) is 2.69. The third kappa shape index (κ3) is 3.27. The molecule has 0 aliphatic carbocycles. The zero-order valence-electron chi connectivity index (χ0n) is 12.4. The SMILES string of the molecule is Cc1nc(CCNC(=O)N2CCCc3cc(F)ccc32)cs1. The molecule has 6 heteroatoms. The van der Waals surface area contributed by atoms with Crippen LogP contribution in [0.2, 0.25) is 0 Å². The second-order valence-corrected chi connectivity index (χ2v) is 6.43. The first kappa shape index (κ1) is 15.0. The smallest absolute Gasteiger partial charge is 0.321 e. The van der Waals surface area contributed by atoms with Gasteiger partial charge in [-0.05, 0) is 43.5 Å². The minimum atomic E-state index is -0.250. The van der Waals surface area contributed by atoms with Crippen molar-refractivity contribution < 1.29 is 9.18 Å². The Labute approximate surface area is 133 Å². The molecular weight excluding hydrogens is 301 g/mol. The molecule has 0 spiro atoms. The number of carbonyl (C=O) groups is 1. The number of nitrogens with one attached hydrogen (secondary N) is 1. The van der Waals surface area contributed by atoms with Crippen molar-refractivity contribution in [1.82, 2.24) is 10.3 Å². The van der Waals surface area contributed by atoms with Gasteiger partial charge in [-0.25, -0.2) is 14.2 Å². The molecule has 0 unspecified atom stereocenters. The molecule has 0 radical (unpaired) electrons. The molecule has 0 atom stereocenters. The zero-order valence-corrected chi connectivity index (χ0v) is 13.3. The number of aromatic nitrogens is 1. The van der Waals surface area contributed by atoms with Crippen molar-refractivity contribution in [1.29, 1.82) is 0 Å². The molecule has 2 amide bonds. The minimum absolute atomic E-state index is 0.125. The predicted octanol–water partition coefficient (Wildman–Crippen LogP) is 3.30. The molecule has 0 saturated carbocycles. The lowest BCUT2D eigenvalue weighted by molar-refractivity contribution is 0.246. The Kier molecular flexibility index (Phi) is 4.38. The number of anilines is 1. The Morgan fingerprint density at radius 1 is 1.50 bits per heavy atom. The molecule has 22 heavy (non-hydrogen) atoms. The average Bonchev–Trinajstić information content (AvgIpc) is 2.91. The quantitative estimate of drug-likeness (QED) is 0.943. The maximum atomic E-state index is 13.3. The van der Waals surface area contributed by atoms with Crippen molar-refractivity contribution in [2.24, 2.45) is 0 Å². The van der Waals surface area contributed by atoms with Gasteiger partial charge in [0.15, 0.2) is 0 Å². The van der Waals surface area contributed by atoms with Gasteiger partial charge in [0.05, 0.1) is 10.7 Å². The van der Waals surface area contributed by atoms with Crippen molar-refractivity contribution >= 4 is 23.1 Å². The van der Waals surface area contributed by atoms with Crippen LogP contribution in [0.1, 0.15) is 22.7 Å². The number of rotatable bonds is 3. The number of hydrogen-bond donors (Lipinski definition) is 1. The van der Waals surface area contributed by atoms with Crippen molar-refractivity contribution in [2.45, 2.75) is 26.2 Å². The largest absolute Gasteiger partial charge is 0.337 e. The number of nitrogens with zero attached hydrogens (tertiary/aromatic N) is 2. The standard InChI is InChI=1S/C16H18FN3OS/c1-11-19-14(10-22-11)6-7-18-16(21)20-8-2-3-12-9-13(17)4-5-15(12)20/h4-5,9-10H,2-3,6-8H2,1H3,(H,18,21). The molecule has 1 aromatic carbocycles. The number of aryl methyl sites for hydroxylation is 2. The molecule has 1 aromatic heterocycles. The fourth-order valence-corrected chi connectivity index (χ4v) is 3.34. The van der Waals surface area contributed by atoms with Crippen LogP contribution in [-0.2, 0) is 12.8 Å². The Hall–Kier alpha value is -1.95. The van der Waals surface area contributed by atoms with Gasteiger partial charge in [-0.3, -0.25) is 4.90 Å². The molecule has 0 fully saturated rings. The summed E-state index contributed by atoms with van der Waals surface area (Å²) in [5.74, 6) is -0.250. The van der Waals surface area contributed by atoms with E-state index in [1.54, 1.807) is 22.3 Å². The van der Waals surface area contributed by atoms with Crippen LogP contribution in [0, 0.1) is 12.7 Å². The summed E-state index contributed by atoms with van der Waals surface area (Å²) in [6.07, 6.45) is 2.39. The van der Waals surface area contributed by atoms with Crippen LogP contribution in [0.3, 0.4) is 0 Å². The van der Waals surface area contributed by atoms with E-state index in [-0.39, 0.29) is 11.8 Å². The van der Waals surface area contributed by atoms with Crippen LogP contribution in [-0.4, -0.2) is 24.1 Å². The first-order chi connectivity index (χ1) is 10.6. The normalized spacial score (nSPS) is 13.8. The maximum absolute atomic E-state index is 13.3. The van der Waals surface area contributed by atoms with E-state index in [1.165, 1.54) is 12.1 Å². The summed E-state index contributed by atoms with van der Waals surface area (Å²) < 4.78 is 13.3. The van der Waals surface area contributed by atoms with E-state index in [1.807, 2.05) is 12.3 Å². The second kappa shape index (κ2) is 6.44. The number of fused-ring (bicyclic) bond motifs is 1. The number of urea groups is 1. The molecule has 2 heterocycles. The Morgan fingerprint density at radius 3 is 3.14 bits per heavy atom. The number of amides is 2. The molecule has 0 saturated heterocycles. The lowest BCUT2D eigenvalue weighted by Gasteiger charge is -2.29. The highest BCUT2D eigenvalue weighted by Gasteiger charge is 2.22. The molecule has 3 rings (SSSR count). The zero-order chi connectivity index (χ0) is 15.5. The van der Waals surface area contributed by atoms with E-state index in [0.717, 1.165) is 41.2 Å². The number of benzene rings is 1. The van der Waals surface area contributed by atoms with Gasteiger partial charge in [0.2, 0.25) is 0 Å². The van der Waals surface area contributed by atoms with Gasteiger partial charge in [0.1, 0.15) is 5.82 Å². The third-order valence-corrected chi connectivity index (χ3v) is 4.55. The van der Waals surface area contributed by atoms with E-state index < -0.39 is 0 Å². The summed E-state index contributed by atoms with van der Waals surface area (Å²) in [5.41, 5.74) is 2.72. The first-order valence-corrected chi connectivity index (χ1v) is 8.26.